The minimum Gasteiger partial charge on any atom is -0.260 e. The lowest BCUT2D eigenvalue weighted by Gasteiger charge is -2.17. The van der Waals surface area contributed by atoms with Gasteiger partial charge in [-0.15, -0.1) is 0 Å². The van der Waals surface area contributed by atoms with Gasteiger partial charge in [-0.1, -0.05) is 59.2 Å². The van der Waals surface area contributed by atoms with Crippen LogP contribution in [0.3, 0.4) is 0 Å². The zero-order valence-electron chi connectivity index (χ0n) is 14.7. The first-order valence-corrected chi connectivity index (χ1v) is 7.93. The van der Waals surface area contributed by atoms with Crippen LogP contribution in [0.5, 0.6) is 0 Å². The van der Waals surface area contributed by atoms with Gasteiger partial charge in [0, 0.05) is 34.6 Å². The lowest BCUT2D eigenvalue weighted by Crippen LogP contribution is -2.12. The van der Waals surface area contributed by atoms with Gasteiger partial charge >= 0.3 is 0 Å². The molecule has 3 heteroatoms. The maximum atomic E-state index is 5.70. The van der Waals surface area contributed by atoms with E-state index in [4.69, 9.17) is 11.6 Å². The number of aryl methyl sites for hydroxylation is 1. The quantitative estimate of drug-likeness (QED) is 0.620. The number of hydrogen-bond donors (Lipinski definition) is 0. The summed E-state index contributed by atoms with van der Waals surface area (Å²) in [5, 5.41) is 0.693. The minimum absolute atomic E-state index is 0.116. The Kier molecular flexibility index (Phi) is 6.13. The van der Waals surface area contributed by atoms with Crippen LogP contribution in [0.15, 0.2) is 36.7 Å². The molecule has 120 valence electrons. The van der Waals surface area contributed by atoms with Crippen molar-refractivity contribution in [1.82, 2.24) is 9.97 Å². The predicted octanol–water partition coefficient (Wildman–Crippen LogP) is 5.72. The maximum Gasteiger partial charge on any atom is 0.0589 e. The third-order valence-corrected chi connectivity index (χ3v) is 3.40. The molecule has 0 aliphatic heterocycles. The number of rotatable bonds is 0. The lowest BCUT2D eigenvalue weighted by molar-refractivity contribution is 0.568. The van der Waals surface area contributed by atoms with Crippen LogP contribution in [-0.2, 0) is 10.8 Å². The summed E-state index contributed by atoms with van der Waals surface area (Å²) in [6.45, 7) is 15.0. The van der Waals surface area contributed by atoms with Gasteiger partial charge in [-0.05, 0) is 30.7 Å². The smallest absolute Gasteiger partial charge is 0.0589 e. The highest BCUT2D eigenvalue weighted by Gasteiger charge is 2.14. The molecule has 0 saturated carbocycles. The third-order valence-electron chi connectivity index (χ3n) is 3.18. The standard InChI is InChI=1S/C10H15N.C9H12ClN/c1-8-5-6-9(11-7-8)10(2,3)4;1-9(2,3)8-5-4-7(10)6-11-8/h5-7H,1-4H3;4-6H,1-3H3. The fraction of sp³-hybridized carbons (Fsp3) is 0.474. The van der Waals surface area contributed by atoms with Crippen LogP contribution in [0.1, 0.15) is 58.5 Å². The van der Waals surface area contributed by atoms with Crippen molar-refractivity contribution in [1.29, 1.82) is 0 Å². The summed E-state index contributed by atoms with van der Waals surface area (Å²) >= 11 is 5.70. The number of halogens is 1. The molecule has 0 atom stereocenters. The van der Waals surface area contributed by atoms with Crippen molar-refractivity contribution >= 4 is 11.6 Å². The van der Waals surface area contributed by atoms with E-state index in [9.17, 15) is 0 Å². The first kappa shape index (κ1) is 18.6. The topological polar surface area (TPSA) is 25.8 Å². The molecule has 0 aliphatic carbocycles. The average molecular weight is 319 g/mol. The van der Waals surface area contributed by atoms with E-state index >= 15 is 0 Å². The van der Waals surface area contributed by atoms with Crippen LogP contribution < -0.4 is 0 Å². The molecule has 0 aliphatic rings. The summed E-state index contributed by atoms with van der Waals surface area (Å²) in [6.07, 6.45) is 3.60. The van der Waals surface area contributed by atoms with Crippen LogP contribution in [0.4, 0.5) is 0 Å². The maximum absolute atomic E-state index is 5.70. The number of hydrogen-bond acceptors (Lipinski definition) is 2. The third kappa shape index (κ3) is 6.15. The number of pyridine rings is 2. The average Bonchev–Trinajstić information content (AvgIpc) is 2.38. The van der Waals surface area contributed by atoms with E-state index in [-0.39, 0.29) is 10.8 Å². The van der Waals surface area contributed by atoms with Gasteiger partial charge in [0.05, 0.1) is 5.02 Å². The molecular formula is C19H27ClN2. The Morgan fingerprint density at radius 3 is 1.50 bits per heavy atom. The van der Waals surface area contributed by atoms with Crippen LogP contribution in [0.2, 0.25) is 5.02 Å². The normalized spacial score (nSPS) is 11.6. The Hall–Kier alpha value is -1.41. The molecule has 2 rings (SSSR count). The van der Waals surface area contributed by atoms with E-state index < -0.39 is 0 Å². The zero-order chi connectivity index (χ0) is 17.0. The summed E-state index contributed by atoms with van der Waals surface area (Å²) in [5.41, 5.74) is 3.74. The molecule has 0 spiro atoms. The molecule has 0 bridgehead atoms. The van der Waals surface area contributed by atoms with Crippen molar-refractivity contribution in [3.63, 3.8) is 0 Å². The van der Waals surface area contributed by atoms with Crippen molar-refractivity contribution < 1.29 is 0 Å². The van der Waals surface area contributed by atoms with E-state index in [0.29, 0.717) is 5.02 Å². The predicted molar refractivity (Wildman–Crippen MR) is 95.6 cm³/mol. The Labute approximate surface area is 140 Å². The second-order valence-corrected chi connectivity index (χ2v) is 8.02. The van der Waals surface area contributed by atoms with Gasteiger partial charge in [-0.3, -0.25) is 9.97 Å². The van der Waals surface area contributed by atoms with Gasteiger partial charge in [0.2, 0.25) is 0 Å². The Morgan fingerprint density at radius 2 is 1.18 bits per heavy atom. The SMILES string of the molecule is CC(C)(C)c1ccc(Cl)cn1.Cc1ccc(C(C)(C)C)nc1. The molecule has 0 fully saturated rings. The number of nitrogens with zero attached hydrogens (tertiary/aromatic N) is 2. The largest absolute Gasteiger partial charge is 0.260 e. The van der Waals surface area contributed by atoms with Crippen molar-refractivity contribution in [3.8, 4) is 0 Å². The Bertz CT molecular complexity index is 517. The second kappa shape index (κ2) is 7.23. The lowest BCUT2D eigenvalue weighted by atomic mass is 9.91. The highest BCUT2D eigenvalue weighted by Crippen LogP contribution is 2.20. The van der Waals surface area contributed by atoms with Crippen LogP contribution in [0, 0.1) is 6.92 Å². The fourth-order valence-corrected chi connectivity index (χ4v) is 1.84. The van der Waals surface area contributed by atoms with E-state index in [1.54, 1.807) is 6.20 Å². The minimum atomic E-state index is 0.116. The van der Waals surface area contributed by atoms with Crippen LogP contribution in [0.25, 0.3) is 0 Å². The molecule has 0 unspecified atom stereocenters. The molecule has 0 N–H and O–H groups in total. The van der Waals surface area contributed by atoms with E-state index in [0.717, 1.165) is 11.4 Å². The highest BCUT2D eigenvalue weighted by atomic mass is 35.5. The summed E-state index contributed by atoms with van der Waals surface area (Å²) in [4.78, 5) is 8.57. The Balaban J connectivity index is 0.000000220. The summed E-state index contributed by atoms with van der Waals surface area (Å²) in [6, 6.07) is 8.03. The second-order valence-electron chi connectivity index (χ2n) is 7.58. The molecule has 2 aromatic rings. The van der Waals surface area contributed by atoms with E-state index in [2.05, 4.69) is 70.6 Å². The van der Waals surface area contributed by atoms with Gasteiger partial charge in [-0.2, -0.15) is 0 Å². The highest BCUT2D eigenvalue weighted by molar-refractivity contribution is 6.30. The van der Waals surface area contributed by atoms with Gasteiger partial charge in [0.25, 0.3) is 0 Å². The first-order chi connectivity index (χ1) is 10.00. The molecule has 0 radical (unpaired) electrons. The van der Waals surface area contributed by atoms with Crippen LogP contribution in [-0.4, -0.2) is 9.97 Å². The molecule has 2 aromatic heterocycles. The van der Waals surface area contributed by atoms with E-state index in [1.165, 1.54) is 5.56 Å². The van der Waals surface area contributed by atoms with Gasteiger partial charge in [-0.25, -0.2) is 0 Å². The van der Waals surface area contributed by atoms with Gasteiger partial charge in [0.1, 0.15) is 0 Å². The fourth-order valence-electron chi connectivity index (χ4n) is 1.73. The van der Waals surface area contributed by atoms with Crippen LogP contribution >= 0.6 is 11.6 Å². The molecule has 0 aromatic carbocycles. The number of aromatic nitrogens is 2. The monoisotopic (exact) mass is 318 g/mol. The summed E-state index contributed by atoms with van der Waals surface area (Å²) < 4.78 is 0. The van der Waals surface area contributed by atoms with Crippen molar-refractivity contribution in [2.75, 3.05) is 0 Å². The first-order valence-electron chi connectivity index (χ1n) is 7.55. The van der Waals surface area contributed by atoms with E-state index in [1.807, 2.05) is 18.3 Å². The molecule has 0 amide bonds. The molecular weight excluding hydrogens is 292 g/mol. The van der Waals surface area contributed by atoms with Gasteiger partial charge < -0.3 is 0 Å². The summed E-state index contributed by atoms with van der Waals surface area (Å²) in [7, 11) is 0. The summed E-state index contributed by atoms with van der Waals surface area (Å²) in [5.74, 6) is 0. The van der Waals surface area contributed by atoms with Crippen molar-refractivity contribution in [2.24, 2.45) is 0 Å². The molecule has 22 heavy (non-hydrogen) atoms. The molecule has 2 nitrogen and oxygen atoms in total. The molecule has 2 heterocycles. The van der Waals surface area contributed by atoms with Crippen molar-refractivity contribution in [3.05, 3.63) is 58.6 Å². The Morgan fingerprint density at radius 1 is 0.727 bits per heavy atom. The van der Waals surface area contributed by atoms with Gasteiger partial charge in [0.15, 0.2) is 0 Å². The zero-order valence-corrected chi connectivity index (χ0v) is 15.5. The van der Waals surface area contributed by atoms with Crippen molar-refractivity contribution in [2.45, 2.75) is 59.3 Å². The molecule has 0 saturated heterocycles.